The number of methoxy groups -OCH3 is 1. The first-order chi connectivity index (χ1) is 18.2. The molecule has 7 rings (SSSR count). The van der Waals surface area contributed by atoms with Gasteiger partial charge in [0, 0.05) is 42.2 Å². The van der Waals surface area contributed by atoms with Gasteiger partial charge in [0.05, 0.1) is 13.3 Å². The molecule has 4 heterocycles. The molecule has 0 spiro atoms. The average molecular weight is 496 g/mol. The molecule has 0 radical (unpaired) electrons. The topological polar surface area (TPSA) is 106 Å². The zero-order chi connectivity index (χ0) is 25.1. The van der Waals surface area contributed by atoms with Crippen molar-refractivity contribution in [2.75, 3.05) is 31.6 Å². The van der Waals surface area contributed by atoms with Gasteiger partial charge in [-0.15, -0.1) is 0 Å². The molecule has 2 fully saturated rings. The van der Waals surface area contributed by atoms with Crippen molar-refractivity contribution in [2.45, 2.75) is 11.8 Å². The summed E-state index contributed by atoms with van der Waals surface area (Å²) in [5.74, 6) is 2.00. The minimum Gasteiger partial charge on any atom is -0.494 e. The Morgan fingerprint density at radius 1 is 1.11 bits per heavy atom. The van der Waals surface area contributed by atoms with Crippen LogP contribution in [-0.4, -0.2) is 51.9 Å². The van der Waals surface area contributed by atoms with Crippen LogP contribution in [0.2, 0.25) is 0 Å². The van der Waals surface area contributed by atoms with E-state index in [-0.39, 0.29) is 17.2 Å². The highest BCUT2D eigenvalue weighted by Gasteiger charge is 2.66. The van der Waals surface area contributed by atoms with Crippen molar-refractivity contribution < 1.29 is 9.13 Å². The first-order valence-corrected chi connectivity index (χ1v) is 12.5. The average Bonchev–Trinajstić information content (AvgIpc) is 3.40. The number of pyridine rings is 1. The third-order valence-corrected chi connectivity index (χ3v) is 8.33. The quantitative estimate of drug-likeness (QED) is 0.379. The number of nitrogens with two attached hydrogens (primary N) is 1. The fourth-order valence-corrected chi connectivity index (χ4v) is 6.49. The SMILES string of the molecule is COc1cccc2c(-c3n[nH]c4nc(N5CC[C@@H]6[C@H](C5)[C@@]6(CN)c5ccccc5F)cnc34)ccnc12. The number of aromatic amines is 1. The second kappa shape index (κ2) is 8.21. The van der Waals surface area contributed by atoms with Crippen LogP contribution in [0.4, 0.5) is 10.2 Å². The molecule has 37 heavy (non-hydrogen) atoms. The molecule has 5 aromatic rings. The molecule has 1 saturated carbocycles. The Bertz CT molecular complexity index is 1650. The Labute approximate surface area is 212 Å². The van der Waals surface area contributed by atoms with Gasteiger partial charge in [-0.1, -0.05) is 30.3 Å². The van der Waals surface area contributed by atoms with Gasteiger partial charge in [0.2, 0.25) is 0 Å². The summed E-state index contributed by atoms with van der Waals surface area (Å²) in [6.07, 6.45) is 4.50. The smallest absolute Gasteiger partial charge is 0.177 e. The number of nitrogens with zero attached hydrogens (tertiary/aromatic N) is 5. The van der Waals surface area contributed by atoms with Gasteiger partial charge >= 0.3 is 0 Å². The number of nitrogens with one attached hydrogen (secondary N) is 1. The largest absolute Gasteiger partial charge is 0.494 e. The Morgan fingerprint density at radius 3 is 2.84 bits per heavy atom. The maximum atomic E-state index is 14.7. The fourth-order valence-electron chi connectivity index (χ4n) is 6.49. The monoisotopic (exact) mass is 495 g/mol. The number of hydrogen-bond acceptors (Lipinski definition) is 7. The van der Waals surface area contributed by atoms with Gasteiger partial charge < -0.3 is 15.4 Å². The predicted octanol–water partition coefficient (Wildman–Crippen LogP) is 4.07. The maximum Gasteiger partial charge on any atom is 0.177 e. The normalized spacial score (nSPS) is 22.8. The number of para-hydroxylation sites is 1. The Hall–Kier alpha value is -4.11. The number of anilines is 1. The molecule has 0 unspecified atom stereocenters. The van der Waals surface area contributed by atoms with Crippen molar-refractivity contribution in [1.29, 1.82) is 0 Å². The molecule has 1 saturated heterocycles. The summed E-state index contributed by atoms with van der Waals surface area (Å²) in [6.45, 7) is 2.04. The number of rotatable bonds is 5. The van der Waals surface area contributed by atoms with Crippen LogP contribution in [0, 0.1) is 17.7 Å². The molecule has 3 aromatic heterocycles. The number of H-pyrrole nitrogens is 1. The number of ether oxygens (including phenoxy) is 1. The highest BCUT2D eigenvalue weighted by atomic mass is 19.1. The lowest BCUT2D eigenvalue weighted by atomic mass is 9.91. The summed E-state index contributed by atoms with van der Waals surface area (Å²) < 4.78 is 20.2. The van der Waals surface area contributed by atoms with E-state index in [1.165, 1.54) is 6.07 Å². The third kappa shape index (κ3) is 3.16. The van der Waals surface area contributed by atoms with Gasteiger partial charge in [0.15, 0.2) is 5.65 Å². The van der Waals surface area contributed by atoms with Crippen LogP contribution in [0.5, 0.6) is 5.75 Å². The lowest BCUT2D eigenvalue weighted by Crippen LogP contribution is -2.32. The summed E-state index contributed by atoms with van der Waals surface area (Å²) in [5, 5.41) is 8.57. The fraction of sp³-hybridized carbons (Fsp3) is 0.286. The van der Waals surface area contributed by atoms with Gasteiger partial charge in [-0.05, 0) is 42.0 Å². The zero-order valence-electron chi connectivity index (χ0n) is 20.4. The molecule has 8 nitrogen and oxygen atoms in total. The summed E-state index contributed by atoms with van der Waals surface area (Å²) in [7, 11) is 1.64. The lowest BCUT2D eigenvalue weighted by molar-refractivity contribution is 0.419. The number of fused-ring (bicyclic) bond motifs is 3. The summed E-state index contributed by atoms with van der Waals surface area (Å²) in [6, 6.07) is 14.8. The van der Waals surface area contributed by atoms with E-state index in [4.69, 9.17) is 20.4 Å². The third-order valence-electron chi connectivity index (χ3n) is 8.33. The van der Waals surface area contributed by atoms with Gasteiger partial charge in [-0.25, -0.2) is 14.4 Å². The van der Waals surface area contributed by atoms with Crippen LogP contribution >= 0.6 is 0 Å². The predicted molar refractivity (Wildman–Crippen MR) is 140 cm³/mol. The molecule has 0 amide bonds. The van der Waals surface area contributed by atoms with Crippen molar-refractivity contribution in [3.63, 3.8) is 0 Å². The molecular weight excluding hydrogens is 469 g/mol. The second-order valence-electron chi connectivity index (χ2n) is 9.88. The van der Waals surface area contributed by atoms with E-state index in [9.17, 15) is 4.39 Å². The maximum absolute atomic E-state index is 14.7. The molecular formula is C28H26FN7O. The van der Waals surface area contributed by atoms with E-state index in [1.807, 2.05) is 36.4 Å². The minimum absolute atomic E-state index is 0.165. The molecule has 2 aromatic carbocycles. The van der Waals surface area contributed by atoms with Gasteiger partial charge in [-0.3, -0.25) is 10.1 Å². The highest BCUT2D eigenvalue weighted by molar-refractivity contribution is 6.01. The van der Waals surface area contributed by atoms with Gasteiger partial charge in [0.1, 0.15) is 34.1 Å². The van der Waals surface area contributed by atoms with Crippen molar-refractivity contribution in [2.24, 2.45) is 17.6 Å². The molecule has 186 valence electrons. The Kier molecular flexibility index (Phi) is 4.91. The first kappa shape index (κ1) is 22.1. The van der Waals surface area contributed by atoms with Crippen LogP contribution in [-0.2, 0) is 5.41 Å². The van der Waals surface area contributed by atoms with Crippen molar-refractivity contribution in [1.82, 2.24) is 25.1 Å². The van der Waals surface area contributed by atoms with E-state index in [2.05, 4.69) is 20.1 Å². The van der Waals surface area contributed by atoms with Crippen LogP contribution in [0.15, 0.2) is 60.9 Å². The number of benzene rings is 2. The van der Waals surface area contributed by atoms with Gasteiger partial charge in [-0.2, -0.15) is 5.10 Å². The van der Waals surface area contributed by atoms with E-state index < -0.39 is 0 Å². The minimum atomic E-state index is -0.303. The number of halogens is 1. The molecule has 2 aliphatic rings. The van der Waals surface area contributed by atoms with E-state index in [0.717, 1.165) is 53.1 Å². The Balaban J connectivity index is 1.21. The molecule has 9 heteroatoms. The van der Waals surface area contributed by atoms with Crippen LogP contribution in [0.25, 0.3) is 33.3 Å². The number of hydrogen-bond donors (Lipinski definition) is 2. The zero-order valence-corrected chi connectivity index (χ0v) is 20.4. The van der Waals surface area contributed by atoms with Crippen LogP contribution in [0.1, 0.15) is 12.0 Å². The summed E-state index contributed by atoms with van der Waals surface area (Å²) in [5.41, 5.74) is 10.4. The molecule has 0 bridgehead atoms. The van der Waals surface area contributed by atoms with Crippen molar-refractivity contribution in [3.8, 4) is 17.0 Å². The second-order valence-corrected chi connectivity index (χ2v) is 9.88. The standard InChI is InChI=1S/C28H26FN7O/c1-37-22-8-4-5-16-17(9-11-31-24(16)22)25-26-27(35-34-25)33-23(13-32-26)36-12-10-18-20(14-36)28(18,15-30)19-6-2-3-7-21(19)29/h2-9,11,13,18,20H,10,12,14-15,30H2,1H3,(H,33,34,35)/t18-,20+,28-/m1/s1. The number of piperidine rings is 1. The van der Waals surface area contributed by atoms with E-state index in [1.54, 1.807) is 25.6 Å². The lowest BCUT2D eigenvalue weighted by Gasteiger charge is -2.26. The summed E-state index contributed by atoms with van der Waals surface area (Å²) in [4.78, 5) is 16.4. The van der Waals surface area contributed by atoms with Crippen LogP contribution < -0.4 is 15.4 Å². The first-order valence-electron chi connectivity index (χ1n) is 12.5. The van der Waals surface area contributed by atoms with Crippen LogP contribution in [0.3, 0.4) is 0 Å². The molecule has 3 N–H and O–H groups in total. The van der Waals surface area contributed by atoms with Gasteiger partial charge in [0.25, 0.3) is 0 Å². The van der Waals surface area contributed by atoms with Crippen molar-refractivity contribution in [3.05, 3.63) is 72.3 Å². The van der Waals surface area contributed by atoms with E-state index >= 15 is 0 Å². The highest BCUT2D eigenvalue weighted by Crippen LogP contribution is 2.63. The van der Waals surface area contributed by atoms with Crippen molar-refractivity contribution >= 4 is 27.9 Å². The molecule has 1 aliphatic carbocycles. The number of aromatic nitrogens is 5. The molecule has 3 atom stereocenters. The molecule has 1 aliphatic heterocycles. The Morgan fingerprint density at radius 2 is 2.00 bits per heavy atom. The summed E-state index contributed by atoms with van der Waals surface area (Å²) >= 11 is 0. The van der Waals surface area contributed by atoms with E-state index in [0.29, 0.717) is 29.4 Å².